The second-order valence-electron chi connectivity index (χ2n) is 3.33. The number of rotatable bonds is 3. The molecule has 0 atom stereocenters. The van der Waals surface area contributed by atoms with Crippen LogP contribution in [0.4, 0.5) is 5.69 Å². The molecule has 0 aliphatic rings. The Balaban J connectivity index is 1.99. The van der Waals surface area contributed by atoms with Gasteiger partial charge in [0.15, 0.2) is 0 Å². The number of anilines is 1. The van der Waals surface area contributed by atoms with E-state index in [0.717, 1.165) is 15.9 Å². The van der Waals surface area contributed by atoms with Gasteiger partial charge in [0.05, 0.1) is 5.69 Å². The highest BCUT2D eigenvalue weighted by atomic mass is 79.9. The van der Waals surface area contributed by atoms with Gasteiger partial charge in [-0.1, -0.05) is 6.07 Å². The van der Waals surface area contributed by atoms with Crippen molar-refractivity contribution in [2.24, 2.45) is 0 Å². The molecule has 0 aliphatic carbocycles. The summed E-state index contributed by atoms with van der Waals surface area (Å²) in [5.41, 5.74) is 7.22. The number of nitrogen functional groups attached to an aromatic ring is 1. The van der Waals surface area contributed by atoms with E-state index in [1.54, 1.807) is 12.3 Å². The minimum absolute atomic E-state index is 0.441. The highest BCUT2D eigenvalue weighted by Crippen LogP contribution is 2.16. The molecule has 0 saturated carbocycles. The number of hydrogen-bond donors (Lipinski definition) is 1. The van der Waals surface area contributed by atoms with Crippen LogP contribution in [0.3, 0.4) is 0 Å². The molecule has 0 fully saturated rings. The molecule has 82 valence electrons. The normalized spacial score (nSPS) is 10.1. The fourth-order valence-electron chi connectivity index (χ4n) is 1.25. The summed E-state index contributed by atoms with van der Waals surface area (Å²) in [4.78, 5) is 4.21. The molecule has 3 nitrogen and oxygen atoms in total. The number of ether oxygens (including phenoxy) is 1. The topological polar surface area (TPSA) is 48.1 Å². The van der Waals surface area contributed by atoms with Crippen molar-refractivity contribution in [3.8, 4) is 5.75 Å². The third-order valence-electron chi connectivity index (χ3n) is 2.03. The van der Waals surface area contributed by atoms with Crippen LogP contribution in [0, 0.1) is 0 Å². The summed E-state index contributed by atoms with van der Waals surface area (Å²) in [5.74, 6) is 0.754. The zero-order chi connectivity index (χ0) is 11.4. The Labute approximate surface area is 102 Å². The fourth-order valence-corrected chi connectivity index (χ4v) is 1.49. The van der Waals surface area contributed by atoms with Crippen molar-refractivity contribution in [3.63, 3.8) is 0 Å². The van der Waals surface area contributed by atoms with Crippen LogP contribution in [-0.2, 0) is 6.61 Å². The van der Waals surface area contributed by atoms with Gasteiger partial charge in [0.25, 0.3) is 0 Å². The van der Waals surface area contributed by atoms with Gasteiger partial charge in [-0.3, -0.25) is 4.98 Å². The van der Waals surface area contributed by atoms with Crippen LogP contribution in [0.15, 0.2) is 47.1 Å². The predicted molar refractivity (Wildman–Crippen MR) is 67.1 cm³/mol. The molecule has 0 spiro atoms. The molecule has 2 aromatic rings. The largest absolute Gasteiger partial charge is 0.487 e. The van der Waals surface area contributed by atoms with Crippen molar-refractivity contribution in [2.75, 3.05) is 5.73 Å². The summed E-state index contributed by atoms with van der Waals surface area (Å²) in [7, 11) is 0. The van der Waals surface area contributed by atoms with Crippen LogP contribution in [0.1, 0.15) is 5.69 Å². The van der Waals surface area contributed by atoms with Gasteiger partial charge in [-0.05, 0) is 40.2 Å². The molecular weight excluding hydrogens is 268 g/mol. The van der Waals surface area contributed by atoms with Gasteiger partial charge < -0.3 is 10.5 Å². The second-order valence-corrected chi connectivity index (χ2v) is 4.24. The van der Waals surface area contributed by atoms with E-state index in [9.17, 15) is 0 Å². The SMILES string of the molecule is Nc1cccc(OCc2ccc(Br)cn2)c1. The smallest absolute Gasteiger partial charge is 0.130 e. The maximum absolute atomic E-state index is 5.65. The number of hydrogen-bond acceptors (Lipinski definition) is 3. The van der Waals surface area contributed by atoms with Crippen molar-refractivity contribution < 1.29 is 4.74 Å². The Morgan fingerprint density at radius 3 is 2.81 bits per heavy atom. The molecule has 4 heteroatoms. The van der Waals surface area contributed by atoms with E-state index in [0.29, 0.717) is 12.3 Å². The van der Waals surface area contributed by atoms with Crippen LogP contribution in [0.25, 0.3) is 0 Å². The molecule has 0 aliphatic heterocycles. The van der Waals surface area contributed by atoms with E-state index in [2.05, 4.69) is 20.9 Å². The summed E-state index contributed by atoms with van der Waals surface area (Å²) in [6, 6.07) is 11.2. The van der Waals surface area contributed by atoms with Crippen LogP contribution >= 0.6 is 15.9 Å². The lowest BCUT2D eigenvalue weighted by atomic mass is 10.3. The van der Waals surface area contributed by atoms with E-state index in [1.165, 1.54) is 0 Å². The number of aromatic nitrogens is 1. The fraction of sp³-hybridized carbons (Fsp3) is 0.0833. The molecule has 1 heterocycles. The second kappa shape index (κ2) is 4.99. The van der Waals surface area contributed by atoms with Gasteiger partial charge in [0.1, 0.15) is 12.4 Å². The molecule has 0 saturated heterocycles. The van der Waals surface area contributed by atoms with Crippen molar-refractivity contribution in [2.45, 2.75) is 6.61 Å². The van der Waals surface area contributed by atoms with Crippen LogP contribution < -0.4 is 10.5 Å². The Bertz CT molecular complexity index is 471. The molecular formula is C12H11BrN2O. The lowest BCUT2D eigenvalue weighted by molar-refractivity contribution is 0.301. The summed E-state index contributed by atoms with van der Waals surface area (Å²) in [6.07, 6.45) is 1.75. The maximum atomic E-state index is 5.65. The molecule has 0 unspecified atom stereocenters. The van der Waals surface area contributed by atoms with Gasteiger partial charge in [0, 0.05) is 22.4 Å². The van der Waals surface area contributed by atoms with Crippen molar-refractivity contribution >= 4 is 21.6 Å². The quantitative estimate of drug-likeness (QED) is 0.878. The first-order valence-corrected chi connectivity index (χ1v) is 5.62. The average Bonchev–Trinajstić information content (AvgIpc) is 2.28. The first kappa shape index (κ1) is 11.0. The minimum atomic E-state index is 0.441. The number of nitrogens with two attached hydrogens (primary N) is 1. The molecule has 1 aromatic carbocycles. The lowest BCUT2D eigenvalue weighted by Gasteiger charge is -2.06. The van der Waals surface area contributed by atoms with E-state index in [-0.39, 0.29) is 0 Å². The van der Waals surface area contributed by atoms with Crippen LogP contribution in [-0.4, -0.2) is 4.98 Å². The molecule has 0 bridgehead atoms. The van der Waals surface area contributed by atoms with E-state index >= 15 is 0 Å². The molecule has 0 amide bonds. The summed E-state index contributed by atoms with van der Waals surface area (Å²) in [6.45, 7) is 0.441. The number of benzene rings is 1. The molecule has 0 radical (unpaired) electrons. The van der Waals surface area contributed by atoms with Crippen molar-refractivity contribution in [1.82, 2.24) is 4.98 Å². The van der Waals surface area contributed by atoms with Gasteiger partial charge in [-0.2, -0.15) is 0 Å². The Hall–Kier alpha value is -1.55. The third kappa shape index (κ3) is 2.97. The van der Waals surface area contributed by atoms with Crippen LogP contribution in [0.2, 0.25) is 0 Å². The first-order chi connectivity index (χ1) is 7.74. The van der Waals surface area contributed by atoms with Gasteiger partial charge in [-0.15, -0.1) is 0 Å². The highest BCUT2D eigenvalue weighted by molar-refractivity contribution is 9.10. The van der Waals surface area contributed by atoms with Crippen molar-refractivity contribution in [1.29, 1.82) is 0 Å². The zero-order valence-corrected chi connectivity index (χ0v) is 10.1. The number of halogens is 1. The van der Waals surface area contributed by atoms with Gasteiger partial charge in [-0.25, -0.2) is 0 Å². The number of pyridine rings is 1. The molecule has 1 aromatic heterocycles. The standard InChI is InChI=1S/C12H11BrN2O/c13-9-4-5-11(15-7-9)8-16-12-3-1-2-10(14)6-12/h1-7H,8,14H2. The molecule has 2 N–H and O–H groups in total. The summed E-state index contributed by atoms with van der Waals surface area (Å²) in [5, 5.41) is 0. The maximum Gasteiger partial charge on any atom is 0.130 e. The monoisotopic (exact) mass is 278 g/mol. The highest BCUT2D eigenvalue weighted by Gasteiger charge is 1.97. The Morgan fingerprint density at radius 1 is 1.25 bits per heavy atom. The predicted octanol–water partition coefficient (Wildman–Crippen LogP) is 3.01. The first-order valence-electron chi connectivity index (χ1n) is 4.83. The lowest BCUT2D eigenvalue weighted by Crippen LogP contribution is -1.98. The third-order valence-corrected chi connectivity index (χ3v) is 2.50. The summed E-state index contributed by atoms with van der Waals surface area (Å²) < 4.78 is 6.51. The minimum Gasteiger partial charge on any atom is -0.487 e. The molecule has 2 rings (SSSR count). The zero-order valence-electron chi connectivity index (χ0n) is 8.56. The van der Waals surface area contributed by atoms with Gasteiger partial charge in [0.2, 0.25) is 0 Å². The number of nitrogens with zero attached hydrogens (tertiary/aromatic N) is 1. The molecule has 16 heavy (non-hydrogen) atoms. The van der Waals surface area contributed by atoms with Crippen molar-refractivity contribution in [3.05, 3.63) is 52.8 Å². The van der Waals surface area contributed by atoms with Crippen LogP contribution in [0.5, 0.6) is 5.75 Å². The van der Waals surface area contributed by atoms with Gasteiger partial charge >= 0.3 is 0 Å². The Kier molecular flexibility index (Phi) is 3.41. The van der Waals surface area contributed by atoms with E-state index < -0.39 is 0 Å². The average molecular weight is 279 g/mol. The van der Waals surface area contributed by atoms with E-state index in [4.69, 9.17) is 10.5 Å². The van der Waals surface area contributed by atoms with E-state index in [1.807, 2.05) is 30.3 Å². The summed E-state index contributed by atoms with van der Waals surface area (Å²) >= 11 is 3.33. The Morgan fingerprint density at radius 2 is 2.12 bits per heavy atom.